The Morgan fingerprint density at radius 1 is 1.05 bits per heavy atom. The highest BCUT2D eigenvalue weighted by molar-refractivity contribution is 5.51. The maximum Gasteiger partial charge on any atom is 0.203 e. The van der Waals surface area contributed by atoms with Crippen LogP contribution in [0.3, 0.4) is 0 Å². The van der Waals surface area contributed by atoms with Crippen molar-refractivity contribution >= 4 is 0 Å². The number of likely N-dealkylation sites (N-methyl/N-ethyl adjacent to an activating group) is 1. The van der Waals surface area contributed by atoms with E-state index in [-0.39, 0.29) is 0 Å². The van der Waals surface area contributed by atoms with Crippen molar-refractivity contribution in [1.82, 2.24) is 0 Å². The second-order valence-corrected chi connectivity index (χ2v) is 6.32. The third-order valence-electron chi connectivity index (χ3n) is 4.34. The Hall–Kier alpha value is -1.46. The van der Waals surface area contributed by atoms with Crippen LogP contribution in [0.2, 0.25) is 0 Å². The number of methoxy groups -OCH3 is 2. The molecule has 1 aliphatic heterocycles. The van der Waals surface area contributed by atoms with Crippen molar-refractivity contribution in [3.63, 3.8) is 0 Å². The maximum absolute atomic E-state index is 6.01. The molecule has 0 amide bonds. The lowest BCUT2D eigenvalue weighted by Crippen LogP contribution is -3.27. The standard InChI is InChI=1S/C17H28N2O3/c1-14(12-19-10-8-18(2)9-11-19)13-22-17-15(20-3)6-5-7-16(17)21-4/h5-7,14H,8-13H2,1-4H3/p+2/t14-/m0/s1. The fourth-order valence-corrected chi connectivity index (χ4v) is 2.97. The van der Waals surface area contributed by atoms with Crippen molar-refractivity contribution in [2.75, 3.05) is 60.6 Å². The van der Waals surface area contributed by atoms with Crippen molar-refractivity contribution in [2.24, 2.45) is 5.92 Å². The first-order valence-corrected chi connectivity index (χ1v) is 8.12. The minimum Gasteiger partial charge on any atom is -0.493 e. The van der Waals surface area contributed by atoms with Crippen molar-refractivity contribution in [3.8, 4) is 17.2 Å². The molecule has 1 saturated heterocycles. The Balaban J connectivity index is 1.87. The molecular formula is C17H30N2O3+2. The molecule has 0 bridgehead atoms. The molecule has 2 N–H and O–H groups in total. The lowest BCUT2D eigenvalue weighted by atomic mass is 10.1. The Morgan fingerprint density at radius 3 is 2.18 bits per heavy atom. The fourth-order valence-electron chi connectivity index (χ4n) is 2.97. The SMILES string of the molecule is COc1cccc(OC)c1OC[C@@H](C)C[NH+]1CC[NH+](C)CC1. The molecule has 0 spiro atoms. The first-order valence-electron chi connectivity index (χ1n) is 8.12. The van der Waals surface area contributed by atoms with Gasteiger partial charge >= 0.3 is 0 Å². The molecule has 1 heterocycles. The lowest BCUT2D eigenvalue weighted by molar-refractivity contribution is -1.00. The molecule has 22 heavy (non-hydrogen) atoms. The van der Waals surface area contributed by atoms with Gasteiger partial charge in [-0.15, -0.1) is 0 Å². The van der Waals surface area contributed by atoms with Crippen LogP contribution in [0.25, 0.3) is 0 Å². The molecule has 0 unspecified atom stereocenters. The van der Waals surface area contributed by atoms with Gasteiger partial charge in [0, 0.05) is 5.92 Å². The maximum atomic E-state index is 6.01. The summed E-state index contributed by atoms with van der Waals surface area (Å²) in [5, 5.41) is 0. The smallest absolute Gasteiger partial charge is 0.203 e. The number of rotatable bonds is 7. The Bertz CT molecular complexity index is 437. The van der Waals surface area contributed by atoms with Gasteiger partial charge in [0.1, 0.15) is 26.2 Å². The number of piperazine rings is 1. The Kier molecular flexibility index (Phi) is 6.34. The molecule has 0 aliphatic carbocycles. The topological polar surface area (TPSA) is 36.6 Å². The second-order valence-electron chi connectivity index (χ2n) is 6.32. The average Bonchev–Trinajstić information content (AvgIpc) is 2.54. The summed E-state index contributed by atoms with van der Waals surface area (Å²) >= 11 is 0. The van der Waals surface area contributed by atoms with Crippen molar-refractivity contribution < 1.29 is 24.0 Å². The van der Waals surface area contributed by atoms with E-state index in [1.54, 1.807) is 24.0 Å². The second kappa shape index (κ2) is 8.25. The van der Waals surface area contributed by atoms with Crippen molar-refractivity contribution in [2.45, 2.75) is 6.92 Å². The molecule has 1 aliphatic rings. The largest absolute Gasteiger partial charge is 0.493 e. The molecule has 5 heteroatoms. The van der Waals surface area contributed by atoms with Crippen LogP contribution >= 0.6 is 0 Å². The predicted octanol–water partition coefficient (Wildman–Crippen LogP) is -0.868. The van der Waals surface area contributed by atoms with Gasteiger partial charge < -0.3 is 24.0 Å². The van der Waals surface area contributed by atoms with Gasteiger partial charge in [0.25, 0.3) is 0 Å². The summed E-state index contributed by atoms with van der Waals surface area (Å²) in [6.07, 6.45) is 0. The van der Waals surface area contributed by atoms with Gasteiger partial charge in [0.05, 0.1) is 34.4 Å². The number of para-hydroxylation sites is 1. The van der Waals surface area contributed by atoms with Crippen LogP contribution in [0.4, 0.5) is 0 Å². The van der Waals surface area contributed by atoms with E-state index >= 15 is 0 Å². The van der Waals surface area contributed by atoms with Crippen LogP contribution in [0.1, 0.15) is 6.92 Å². The van der Waals surface area contributed by atoms with Gasteiger partial charge in [0.15, 0.2) is 11.5 Å². The summed E-state index contributed by atoms with van der Waals surface area (Å²) in [6, 6.07) is 5.71. The number of nitrogens with one attached hydrogen (secondary N) is 2. The zero-order valence-electron chi connectivity index (χ0n) is 14.3. The number of ether oxygens (including phenoxy) is 3. The summed E-state index contributed by atoms with van der Waals surface area (Å²) in [6.45, 7) is 9.14. The molecule has 1 aromatic rings. The highest BCUT2D eigenvalue weighted by Gasteiger charge is 2.22. The molecule has 1 fully saturated rings. The van der Waals surface area contributed by atoms with E-state index in [2.05, 4.69) is 14.0 Å². The molecule has 1 aromatic carbocycles. The van der Waals surface area contributed by atoms with Gasteiger partial charge in [-0.05, 0) is 12.1 Å². The summed E-state index contributed by atoms with van der Waals surface area (Å²) < 4.78 is 16.7. The molecule has 124 valence electrons. The van der Waals surface area contributed by atoms with Crippen molar-refractivity contribution in [3.05, 3.63) is 18.2 Å². The number of hydrogen-bond donors (Lipinski definition) is 2. The van der Waals surface area contributed by atoms with E-state index in [1.165, 1.54) is 26.2 Å². The van der Waals surface area contributed by atoms with Crippen LogP contribution in [0.15, 0.2) is 18.2 Å². The third kappa shape index (κ3) is 4.52. The van der Waals surface area contributed by atoms with Crippen LogP contribution in [-0.2, 0) is 0 Å². The van der Waals surface area contributed by atoms with Crippen LogP contribution in [-0.4, -0.2) is 60.6 Å². The van der Waals surface area contributed by atoms with Gasteiger partial charge in [-0.1, -0.05) is 13.0 Å². The minimum atomic E-state index is 0.503. The fraction of sp³-hybridized carbons (Fsp3) is 0.647. The van der Waals surface area contributed by atoms with Gasteiger partial charge in [0.2, 0.25) is 5.75 Å². The third-order valence-corrected chi connectivity index (χ3v) is 4.34. The number of benzene rings is 1. The Labute approximate surface area is 133 Å². The van der Waals surface area contributed by atoms with E-state index in [0.717, 1.165) is 18.0 Å². The van der Waals surface area contributed by atoms with Crippen LogP contribution in [0.5, 0.6) is 17.2 Å². The van der Waals surface area contributed by atoms with Gasteiger partial charge in [-0.2, -0.15) is 0 Å². The van der Waals surface area contributed by atoms with E-state index in [0.29, 0.717) is 18.3 Å². The average molecular weight is 310 g/mol. The van der Waals surface area contributed by atoms with E-state index in [4.69, 9.17) is 14.2 Å². The van der Waals surface area contributed by atoms with E-state index < -0.39 is 0 Å². The first-order chi connectivity index (χ1) is 10.6. The van der Waals surface area contributed by atoms with Gasteiger partial charge in [-0.3, -0.25) is 0 Å². The molecule has 5 nitrogen and oxygen atoms in total. The minimum absolute atomic E-state index is 0.503. The quantitative estimate of drug-likeness (QED) is 0.688. The first kappa shape index (κ1) is 16.9. The molecular weight excluding hydrogens is 280 g/mol. The summed E-state index contributed by atoms with van der Waals surface area (Å²) in [4.78, 5) is 3.33. The Morgan fingerprint density at radius 2 is 1.64 bits per heavy atom. The molecule has 0 radical (unpaired) electrons. The summed E-state index contributed by atoms with van der Waals surface area (Å²) in [5.41, 5.74) is 0. The summed E-state index contributed by atoms with van der Waals surface area (Å²) in [5.74, 6) is 2.66. The highest BCUT2D eigenvalue weighted by Crippen LogP contribution is 2.36. The number of quaternary nitrogens is 2. The van der Waals surface area contributed by atoms with Gasteiger partial charge in [-0.25, -0.2) is 0 Å². The normalized spacial score (nSPS) is 22.9. The predicted molar refractivity (Wildman–Crippen MR) is 86.4 cm³/mol. The zero-order chi connectivity index (χ0) is 15.9. The highest BCUT2D eigenvalue weighted by atomic mass is 16.5. The monoisotopic (exact) mass is 310 g/mol. The zero-order valence-corrected chi connectivity index (χ0v) is 14.3. The van der Waals surface area contributed by atoms with E-state index in [1.807, 2.05) is 18.2 Å². The summed E-state index contributed by atoms with van der Waals surface area (Å²) in [7, 11) is 5.58. The molecule has 1 atom stereocenters. The number of hydrogen-bond acceptors (Lipinski definition) is 3. The molecule has 0 saturated carbocycles. The van der Waals surface area contributed by atoms with E-state index in [9.17, 15) is 0 Å². The van der Waals surface area contributed by atoms with Crippen LogP contribution < -0.4 is 24.0 Å². The molecule has 2 rings (SSSR count). The van der Waals surface area contributed by atoms with Crippen molar-refractivity contribution in [1.29, 1.82) is 0 Å². The lowest BCUT2D eigenvalue weighted by Gasteiger charge is -2.29. The van der Waals surface area contributed by atoms with Crippen LogP contribution in [0, 0.1) is 5.92 Å². The molecule has 0 aromatic heterocycles.